The van der Waals surface area contributed by atoms with Crippen LogP contribution in [0, 0.1) is 0 Å². The number of nitrogens with two attached hydrogens (primary N) is 1. The number of aromatic hydroxyl groups is 1. The van der Waals surface area contributed by atoms with E-state index in [0.717, 1.165) is 13.0 Å². The highest BCUT2D eigenvalue weighted by atomic mass is 35.5. The molecule has 4 N–H and O–H groups in total. The Hall–Kier alpha value is -1.01. The van der Waals surface area contributed by atoms with Crippen molar-refractivity contribution in [2.75, 3.05) is 19.6 Å². The van der Waals surface area contributed by atoms with E-state index in [-0.39, 0.29) is 18.2 Å². The third-order valence-corrected chi connectivity index (χ3v) is 3.52. The lowest BCUT2D eigenvalue weighted by Gasteiger charge is -2.18. The molecule has 1 unspecified atom stereocenters. The van der Waals surface area contributed by atoms with Gasteiger partial charge < -0.3 is 20.8 Å². The molecule has 5 nitrogen and oxygen atoms in total. The van der Waals surface area contributed by atoms with Crippen LogP contribution in [0.3, 0.4) is 0 Å². The minimum atomic E-state index is -0.558. The second-order valence-corrected chi connectivity index (χ2v) is 5.25. The number of β-amino-alcohol motifs (C(OH)–C–C–N with tert-alkyl or cyclic N) is 1. The van der Waals surface area contributed by atoms with E-state index < -0.39 is 6.10 Å². The molecule has 0 bridgehead atoms. The average molecular weight is 321 g/mol. The van der Waals surface area contributed by atoms with Gasteiger partial charge in [-0.25, -0.2) is 0 Å². The van der Waals surface area contributed by atoms with Crippen molar-refractivity contribution in [3.63, 3.8) is 0 Å². The van der Waals surface area contributed by atoms with Crippen molar-refractivity contribution in [3.8, 4) is 5.75 Å². The number of phenols is 1. The first-order chi connectivity index (χ1) is 9.43. The van der Waals surface area contributed by atoms with Gasteiger partial charge in [-0.2, -0.15) is 0 Å². The maximum absolute atomic E-state index is 11.0. The van der Waals surface area contributed by atoms with Crippen molar-refractivity contribution >= 4 is 29.1 Å². The van der Waals surface area contributed by atoms with Crippen LogP contribution in [0.2, 0.25) is 10.0 Å². The molecule has 112 valence electrons. The summed E-state index contributed by atoms with van der Waals surface area (Å²) in [6, 6.07) is 4.41. The molecule has 1 aliphatic rings. The number of aliphatic hydroxyl groups excluding tert-OH is 1. The number of halogens is 2. The van der Waals surface area contributed by atoms with Crippen molar-refractivity contribution in [1.29, 1.82) is 0 Å². The zero-order valence-electron chi connectivity index (χ0n) is 10.9. The summed E-state index contributed by atoms with van der Waals surface area (Å²) in [4.78, 5) is 12.7. The first kappa shape index (κ1) is 17.0. The molecule has 1 aromatic rings. The van der Waals surface area contributed by atoms with E-state index in [0.29, 0.717) is 23.0 Å². The van der Waals surface area contributed by atoms with E-state index in [1.54, 1.807) is 11.0 Å². The Morgan fingerprint density at radius 3 is 2.50 bits per heavy atom. The first-order valence-corrected chi connectivity index (χ1v) is 6.99. The molecular formula is C13H18Cl2N2O3. The molecule has 7 heteroatoms. The van der Waals surface area contributed by atoms with Crippen molar-refractivity contribution in [1.82, 2.24) is 4.90 Å². The maximum atomic E-state index is 11.0. The second-order valence-electron chi connectivity index (χ2n) is 4.43. The van der Waals surface area contributed by atoms with Gasteiger partial charge in [0.05, 0.1) is 16.1 Å². The van der Waals surface area contributed by atoms with E-state index in [2.05, 4.69) is 0 Å². The van der Waals surface area contributed by atoms with Crippen LogP contribution in [0.25, 0.3) is 0 Å². The molecule has 20 heavy (non-hydrogen) atoms. The number of benzene rings is 1. The fraction of sp³-hybridized carbons (Fsp3) is 0.462. The molecule has 1 aromatic carbocycles. The molecule has 2 rings (SSSR count). The van der Waals surface area contributed by atoms with Gasteiger partial charge in [0.2, 0.25) is 5.91 Å². The Bertz CT molecular complexity index is 457. The smallest absolute Gasteiger partial charge is 0.222 e. The normalized spacial score (nSPS) is 15.8. The molecule has 0 saturated carbocycles. The lowest BCUT2D eigenvalue weighted by atomic mass is 10.3. The fourth-order valence-electron chi connectivity index (χ4n) is 1.71. The molecule has 0 spiro atoms. The monoisotopic (exact) mass is 320 g/mol. The predicted molar refractivity (Wildman–Crippen MR) is 79.0 cm³/mol. The summed E-state index contributed by atoms with van der Waals surface area (Å²) < 4.78 is 0. The molecule has 1 amide bonds. The topological polar surface area (TPSA) is 86.8 Å². The van der Waals surface area contributed by atoms with Crippen molar-refractivity contribution in [3.05, 3.63) is 28.2 Å². The average Bonchev–Trinajstić information content (AvgIpc) is 2.80. The lowest BCUT2D eigenvalue weighted by Crippen LogP contribution is -2.37. The third kappa shape index (κ3) is 5.54. The highest BCUT2D eigenvalue weighted by Crippen LogP contribution is 2.25. The Kier molecular flexibility index (Phi) is 7.09. The van der Waals surface area contributed by atoms with Gasteiger partial charge in [-0.15, -0.1) is 0 Å². The quantitative estimate of drug-likeness (QED) is 0.790. The van der Waals surface area contributed by atoms with Crippen LogP contribution >= 0.6 is 23.2 Å². The molecule has 1 fully saturated rings. The zero-order chi connectivity index (χ0) is 15.1. The number of likely N-dealkylation sites (tertiary alicyclic amines) is 1. The molecule has 1 saturated heterocycles. The summed E-state index contributed by atoms with van der Waals surface area (Å²) in [5.41, 5.74) is 5.21. The van der Waals surface area contributed by atoms with Gasteiger partial charge >= 0.3 is 0 Å². The SMILES string of the molecule is NCC(O)CN1CCCC1=O.Oc1ccc(Cl)c(Cl)c1. The van der Waals surface area contributed by atoms with Crippen LogP contribution in [0.4, 0.5) is 0 Å². The minimum Gasteiger partial charge on any atom is -0.508 e. The van der Waals surface area contributed by atoms with Crippen LogP contribution < -0.4 is 5.73 Å². The summed E-state index contributed by atoms with van der Waals surface area (Å²) in [7, 11) is 0. The maximum Gasteiger partial charge on any atom is 0.222 e. The predicted octanol–water partition coefficient (Wildman–Crippen LogP) is 1.63. The van der Waals surface area contributed by atoms with Crippen LogP contribution in [-0.4, -0.2) is 46.8 Å². The van der Waals surface area contributed by atoms with Crippen molar-refractivity contribution in [2.24, 2.45) is 5.73 Å². The van der Waals surface area contributed by atoms with Crippen LogP contribution in [0.15, 0.2) is 18.2 Å². The number of hydrogen-bond acceptors (Lipinski definition) is 4. The summed E-state index contributed by atoms with van der Waals surface area (Å²) in [5, 5.41) is 18.7. The van der Waals surface area contributed by atoms with E-state index in [9.17, 15) is 4.79 Å². The number of phenolic OH excluding ortho intramolecular Hbond substituents is 1. The largest absolute Gasteiger partial charge is 0.508 e. The van der Waals surface area contributed by atoms with Gasteiger partial charge in [-0.1, -0.05) is 23.2 Å². The van der Waals surface area contributed by atoms with Gasteiger partial charge in [0.15, 0.2) is 0 Å². The molecular weight excluding hydrogens is 303 g/mol. The lowest BCUT2D eigenvalue weighted by molar-refractivity contribution is -0.128. The number of aliphatic hydroxyl groups is 1. The van der Waals surface area contributed by atoms with Gasteiger partial charge in [0.25, 0.3) is 0 Å². The number of hydrogen-bond donors (Lipinski definition) is 3. The van der Waals surface area contributed by atoms with E-state index >= 15 is 0 Å². The van der Waals surface area contributed by atoms with Crippen LogP contribution in [0.1, 0.15) is 12.8 Å². The van der Waals surface area contributed by atoms with Gasteiger partial charge in [-0.05, 0) is 24.6 Å². The van der Waals surface area contributed by atoms with Gasteiger partial charge in [0, 0.05) is 26.1 Å². The second kappa shape index (κ2) is 8.32. The highest BCUT2D eigenvalue weighted by Gasteiger charge is 2.21. The van der Waals surface area contributed by atoms with E-state index in [4.69, 9.17) is 39.1 Å². The number of nitrogens with zero attached hydrogens (tertiary/aromatic N) is 1. The zero-order valence-corrected chi connectivity index (χ0v) is 12.4. The Morgan fingerprint density at radius 1 is 1.35 bits per heavy atom. The minimum absolute atomic E-state index is 0.129. The molecule has 0 aliphatic carbocycles. The standard InChI is InChI=1S/C7H14N2O2.C6H4Cl2O/c8-4-6(10)5-9-3-1-2-7(9)11;7-5-2-1-4(9)3-6(5)8/h6,10H,1-5,8H2;1-3,9H. The number of carbonyl (C=O) groups excluding carboxylic acids is 1. The molecule has 1 heterocycles. The fourth-order valence-corrected chi connectivity index (χ4v) is 2.00. The van der Waals surface area contributed by atoms with Gasteiger partial charge in [-0.3, -0.25) is 4.79 Å². The number of rotatable bonds is 3. The third-order valence-electron chi connectivity index (χ3n) is 2.78. The first-order valence-electron chi connectivity index (χ1n) is 6.24. The summed E-state index contributed by atoms with van der Waals surface area (Å²) in [6.07, 6.45) is 0.977. The summed E-state index contributed by atoms with van der Waals surface area (Å²) in [6.45, 7) is 1.40. The number of carbonyl (C=O) groups is 1. The Morgan fingerprint density at radius 2 is 2.05 bits per heavy atom. The molecule has 1 atom stereocenters. The number of amides is 1. The van der Waals surface area contributed by atoms with Crippen molar-refractivity contribution in [2.45, 2.75) is 18.9 Å². The van der Waals surface area contributed by atoms with E-state index in [1.165, 1.54) is 12.1 Å². The summed E-state index contributed by atoms with van der Waals surface area (Å²) in [5.74, 6) is 0.266. The van der Waals surface area contributed by atoms with Gasteiger partial charge in [0.1, 0.15) is 5.75 Å². The van der Waals surface area contributed by atoms with Crippen LogP contribution in [-0.2, 0) is 4.79 Å². The molecule has 1 aliphatic heterocycles. The van der Waals surface area contributed by atoms with E-state index in [1.807, 2.05) is 0 Å². The summed E-state index contributed by atoms with van der Waals surface area (Å²) >= 11 is 11.1. The Labute approximate surface area is 127 Å². The molecule has 0 radical (unpaired) electrons. The Balaban J connectivity index is 0.000000204. The molecule has 0 aromatic heterocycles. The van der Waals surface area contributed by atoms with Crippen molar-refractivity contribution < 1.29 is 15.0 Å². The highest BCUT2D eigenvalue weighted by molar-refractivity contribution is 6.42. The van der Waals surface area contributed by atoms with Crippen LogP contribution in [0.5, 0.6) is 5.75 Å².